The van der Waals surface area contributed by atoms with Gasteiger partial charge in [-0.05, 0) is 23.0 Å². The van der Waals surface area contributed by atoms with Crippen LogP contribution in [0.2, 0.25) is 0 Å². The van der Waals surface area contributed by atoms with Crippen molar-refractivity contribution < 1.29 is 40.4 Å². The fourth-order valence-corrected chi connectivity index (χ4v) is 5.27. The summed E-state index contributed by atoms with van der Waals surface area (Å²) in [5, 5.41) is 0. The van der Waals surface area contributed by atoms with Crippen LogP contribution in [0.25, 0.3) is 0 Å². The molecule has 40 heavy (non-hydrogen) atoms. The van der Waals surface area contributed by atoms with Gasteiger partial charge in [-0.2, -0.15) is 0 Å². The molecule has 1 aromatic rings. The third kappa shape index (κ3) is 29.5. The molecule has 2 atom stereocenters. The monoisotopic (exact) mass is 596 g/mol. The van der Waals surface area contributed by atoms with Crippen LogP contribution in [0.3, 0.4) is 0 Å². The number of ether oxygens (including phenoxy) is 1. The molecule has 0 amide bonds. The van der Waals surface area contributed by atoms with Crippen molar-refractivity contribution in [2.75, 3.05) is 33.8 Å². The third-order valence-electron chi connectivity index (χ3n) is 6.10. The molecule has 5 nitrogen and oxygen atoms in total. The number of carbonyl (C=O) groups is 1. The van der Waals surface area contributed by atoms with Crippen molar-refractivity contribution in [2.45, 2.75) is 110 Å². The smallest absolute Gasteiger partial charge is 0.461 e. The largest absolute Gasteiger partial charge is 0.673 e. The summed E-state index contributed by atoms with van der Waals surface area (Å²) in [5.74, 6) is -0.309. The van der Waals surface area contributed by atoms with E-state index in [4.69, 9.17) is 9.26 Å². The van der Waals surface area contributed by atoms with E-state index in [1.54, 1.807) is 0 Å². The Bertz CT molecular complexity index is 774. The summed E-state index contributed by atoms with van der Waals surface area (Å²) in [4.78, 5) is 12.4. The van der Waals surface area contributed by atoms with Crippen LogP contribution < -0.4 is 0 Å². The molecule has 0 bridgehead atoms. The van der Waals surface area contributed by atoms with E-state index in [9.17, 15) is 26.6 Å². The molecule has 232 valence electrons. The number of unbranched alkanes of at least 4 members (excludes halogenated alkanes) is 12. The van der Waals surface area contributed by atoms with Gasteiger partial charge >= 0.3 is 21.3 Å². The lowest BCUT2D eigenvalue weighted by Gasteiger charge is -2.26. The number of hydrogen-bond donors (Lipinski definition) is 0. The lowest BCUT2D eigenvalue weighted by atomic mass is 10.1. The molecule has 0 aliphatic rings. The van der Waals surface area contributed by atoms with Gasteiger partial charge in [0.1, 0.15) is 13.2 Å². The van der Waals surface area contributed by atoms with E-state index < -0.39 is 21.4 Å². The number of esters is 1. The maximum Gasteiger partial charge on any atom is 0.673 e. The predicted molar refractivity (Wildman–Crippen MR) is 157 cm³/mol. The van der Waals surface area contributed by atoms with E-state index in [0.29, 0.717) is 17.2 Å². The molecule has 0 spiro atoms. The minimum Gasteiger partial charge on any atom is -0.461 e. The van der Waals surface area contributed by atoms with Crippen LogP contribution in [0.15, 0.2) is 30.3 Å². The van der Waals surface area contributed by atoms with E-state index in [2.05, 4.69) is 6.92 Å². The van der Waals surface area contributed by atoms with Crippen LogP contribution in [0, 0.1) is 0 Å². The summed E-state index contributed by atoms with van der Waals surface area (Å²) in [6, 6.07) is 9.64. The molecule has 0 aliphatic carbocycles. The molecule has 1 aromatic carbocycles. The average Bonchev–Trinajstić information content (AvgIpc) is 2.84. The highest BCUT2D eigenvalue weighted by Crippen LogP contribution is 2.29. The van der Waals surface area contributed by atoms with E-state index in [-0.39, 0.29) is 19.0 Å². The zero-order valence-electron chi connectivity index (χ0n) is 25.1. The number of quaternary nitrogens is 1. The molecule has 11 heteroatoms. The summed E-state index contributed by atoms with van der Waals surface area (Å²) in [7, 11) is -1.62. The van der Waals surface area contributed by atoms with Crippen LogP contribution in [-0.4, -0.2) is 57.7 Å². The average molecular weight is 597 g/mol. The molecule has 0 aromatic heterocycles. The highest BCUT2D eigenvalue weighted by molar-refractivity contribution is 7.39. The van der Waals surface area contributed by atoms with Crippen molar-refractivity contribution in [1.29, 1.82) is 0 Å². The van der Waals surface area contributed by atoms with E-state index in [1.165, 1.54) is 70.6 Å². The number of carbonyl (C=O) groups excluding carboxylic acids is 1. The van der Waals surface area contributed by atoms with Gasteiger partial charge in [0.25, 0.3) is 0 Å². The van der Waals surface area contributed by atoms with Gasteiger partial charge in [0.15, 0.2) is 12.3 Å². The Hall–Kier alpha value is -1.51. The highest BCUT2D eigenvalue weighted by Gasteiger charge is 2.31. The van der Waals surface area contributed by atoms with Gasteiger partial charge in [0.2, 0.25) is 0 Å². The fraction of sp³-hybridized carbons (Fsp3) is 0.759. The van der Waals surface area contributed by atoms with Crippen molar-refractivity contribution >= 4 is 21.3 Å². The molecule has 1 unspecified atom stereocenters. The number of likely N-dealkylation sites (N-methyl/N-ethyl adjacent to an activating group) is 1. The van der Waals surface area contributed by atoms with Crippen LogP contribution >= 0.6 is 8.03 Å². The molecule has 0 N–H and O–H groups in total. The Labute approximate surface area is 240 Å². The summed E-state index contributed by atoms with van der Waals surface area (Å²) in [6.07, 6.45) is 17.1. The first-order chi connectivity index (χ1) is 18.8. The van der Waals surface area contributed by atoms with Crippen LogP contribution in [0.4, 0.5) is 17.3 Å². The SMILES string of the molecule is CCCCCCCCCCCCCCC[P+](=O)O[C@@H](CC(=O)OCc1ccccc1)C[N+](C)(C)C.F[B-](F)(F)F. The Morgan fingerprint density at radius 2 is 1.27 bits per heavy atom. The molecule has 0 saturated carbocycles. The van der Waals surface area contributed by atoms with Gasteiger partial charge in [-0.3, -0.25) is 4.79 Å². The minimum atomic E-state index is -6.00. The number of hydrogen-bond acceptors (Lipinski definition) is 4. The third-order valence-corrected chi connectivity index (χ3v) is 7.31. The van der Waals surface area contributed by atoms with Crippen molar-refractivity contribution in [3.05, 3.63) is 35.9 Å². The van der Waals surface area contributed by atoms with Crippen molar-refractivity contribution in [1.82, 2.24) is 0 Å². The predicted octanol–water partition coefficient (Wildman–Crippen LogP) is 9.34. The minimum absolute atomic E-state index is 0.127. The van der Waals surface area contributed by atoms with E-state index >= 15 is 0 Å². The number of nitrogens with zero attached hydrogens (tertiary/aromatic N) is 1. The van der Waals surface area contributed by atoms with Gasteiger partial charge in [0, 0.05) is 0 Å². The first-order valence-electron chi connectivity index (χ1n) is 14.8. The van der Waals surface area contributed by atoms with E-state index in [1.807, 2.05) is 51.5 Å². The zero-order chi connectivity index (χ0) is 30.3. The lowest BCUT2D eigenvalue weighted by Crippen LogP contribution is -2.42. The van der Waals surface area contributed by atoms with E-state index in [0.717, 1.165) is 18.4 Å². The van der Waals surface area contributed by atoms with Gasteiger partial charge in [0.05, 0.1) is 27.6 Å². The number of benzene rings is 1. The second kappa shape index (κ2) is 23.1. The standard InChI is InChI=1S/C29H52NO4P.BF4/c1-5-6-7-8-9-10-11-12-13-14-15-16-20-23-35(32)34-28(25-30(2,3)4)24-29(31)33-26-27-21-18-17-19-22-27;2-1(3,4)5/h17-19,21-22,28H,5-16,20,23-26H2,1-4H3;/q+2;-1/t28-;/m0./s1. The van der Waals surface area contributed by atoms with Crippen LogP contribution in [0.1, 0.15) is 102 Å². The van der Waals surface area contributed by atoms with Crippen LogP contribution in [0.5, 0.6) is 0 Å². The van der Waals surface area contributed by atoms with Gasteiger partial charge in [-0.15, -0.1) is 4.52 Å². The zero-order valence-corrected chi connectivity index (χ0v) is 26.0. The molecular weight excluding hydrogens is 544 g/mol. The summed E-state index contributed by atoms with van der Waals surface area (Å²) < 4.78 is 63.5. The summed E-state index contributed by atoms with van der Waals surface area (Å²) >= 11 is 0. The van der Waals surface area contributed by atoms with Crippen molar-refractivity contribution in [3.63, 3.8) is 0 Å². The Kier molecular flexibility index (Phi) is 22.2. The first kappa shape index (κ1) is 38.5. The fourth-order valence-electron chi connectivity index (χ4n) is 4.21. The molecule has 0 radical (unpaired) electrons. The highest BCUT2D eigenvalue weighted by atomic mass is 31.1. The molecule has 0 fully saturated rings. The number of halogens is 4. The van der Waals surface area contributed by atoms with Crippen LogP contribution in [-0.2, 0) is 25.2 Å². The number of rotatable bonds is 22. The first-order valence-corrected chi connectivity index (χ1v) is 16.1. The molecule has 0 saturated heterocycles. The molecular formula is C29H52BF4NO4P+. The summed E-state index contributed by atoms with van der Waals surface area (Å²) in [5.41, 5.74) is 0.957. The molecule has 0 heterocycles. The lowest BCUT2D eigenvalue weighted by molar-refractivity contribution is -0.873. The van der Waals surface area contributed by atoms with Gasteiger partial charge < -0.3 is 26.5 Å². The van der Waals surface area contributed by atoms with Gasteiger partial charge in [-0.1, -0.05) is 108 Å². The Morgan fingerprint density at radius 1 is 0.825 bits per heavy atom. The Morgan fingerprint density at radius 3 is 1.73 bits per heavy atom. The second-order valence-corrected chi connectivity index (χ2v) is 12.7. The molecule has 1 rings (SSSR count). The Balaban J connectivity index is 0.00000277. The maximum atomic E-state index is 12.6. The second-order valence-electron chi connectivity index (χ2n) is 11.3. The van der Waals surface area contributed by atoms with Crippen molar-refractivity contribution in [3.8, 4) is 0 Å². The topological polar surface area (TPSA) is 52.6 Å². The quantitative estimate of drug-likeness (QED) is 0.0334. The normalized spacial score (nSPS) is 12.8. The van der Waals surface area contributed by atoms with Gasteiger partial charge in [-0.25, -0.2) is 0 Å². The molecule has 0 aliphatic heterocycles. The van der Waals surface area contributed by atoms with Crippen molar-refractivity contribution in [2.24, 2.45) is 0 Å². The summed E-state index contributed by atoms with van der Waals surface area (Å²) in [6.45, 7) is 3.13. The maximum absolute atomic E-state index is 12.6.